The summed E-state index contributed by atoms with van der Waals surface area (Å²) in [4.78, 5) is 14.6. The van der Waals surface area contributed by atoms with Crippen molar-refractivity contribution in [1.29, 1.82) is 0 Å². The van der Waals surface area contributed by atoms with Crippen LogP contribution in [0.4, 0.5) is 0 Å². The summed E-state index contributed by atoms with van der Waals surface area (Å²) in [6, 6.07) is 20.4. The van der Waals surface area contributed by atoms with E-state index in [0.717, 1.165) is 22.1 Å². The molecule has 0 aliphatic carbocycles. The van der Waals surface area contributed by atoms with E-state index in [1.165, 1.54) is 21.8 Å². The molecule has 0 fully saturated rings. The Kier molecular flexibility index (Phi) is 5.10. The third kappa shape index (κ3) is 3.68. The Labute approximate surface area is 166 Å². The fourth-order valence-electron chi connectivity index (χ4n) is 3.42. The predicted molar refractivity (Wildman–Crippen MR) is 114 cm³/mol. The van der Waals surface area contributed by atoms with E-state index >= 15 is 0 Å². The van der Waals surface area contributed by atoms with Crippen molar-refractivity contribution < 1.29 is 9.90 Å². The fraction of sp³-hybridized carbons (Fsp3) is 0.174. The Morgan fingerprint density at radius 2 is 1.89 bits per heavy atom. The number of thiophene rings is 2. The maximum atomic E-state index is 12.9. The van der Waals surface area contributed by atoms with Crippen LogP contribution in [0.1, 0.15) is 44.4 Å². The van der Waals surface area contributed by atoms with Crippen molar-refractivity contribution in [3.63, 3.8) is 0 Å². The minimum absolute atomic E-state index is 0.0174. The van der Waals surface area contributed by atoms with Gasteiger partial charge in [0.25, 0.3) is 0 Å². The van der Waals surface area contributed by atoms with Crippen molar-refractivity contribution in [3.05, 3.63) is 86.9 Å². The molecule has 0 amide bonds. The lowest BCUT2D eigenvalue weighted by molar-refractivity contribution is 0.0980. The van der Waals surface area contributed by atoms with E-state index in [2.05, 4.69) is 29.6 Å². The van der Waals surface area contributed by atoms with Crippen LogP contribution >= 0.6 is 22.7 Å². The summed E-state index contributed by atoms with van der Waals surface area (Å²) >= 11 is 3.11. The molecule has 0 radical (unpaired) electrons. The van der Waals surface area contributed by atoms with Crippen molar-refractivity contribution in [3.8, 4) is 5.75 Å². The molecule has 0 bridgehead atoms. The Morgan fingerprint density at radius 3 is 2.63 bits per heavy atom. The van der Waals surface area contributed by atoms with Crippen molar-refractivity contribution in [2.24, 2.45) is 0 Å². The van der Waals surface area contributed by atoms with Crippen LogP contribution in [0, 0.1) is 6.92 Å². The standard InChI is InChI=1S/C23H20O2S2/c1-15-9-12-21-18(14-15)22(25)23(27-21)19(24)11-10-17(20-8-5-13-26-20)16-6-3-2-4-7-16/h2-9,12-14,17,25H,10-11H2,1H3. The third-order valence-electron chi connectivity index (χ3n) is 4.82. The molecule has 0 saturated carbocycles. The zero-order valence-corrected chi connectivity index (χ0v) is 16.6. The van der Waals surface area contributed by atoms with Crippen LogP contribution in [0.3, 0.4) is 0 Å². The van der Waals surface area contributed by atoms with E-state index in [0.29, 0.717) is 11.3 Å². The molecule has 4 aromatic rings. The van der Waals surface area contributed by atoms with Gasteiger partial charge in [-0.2, -0.15) is 0 Å². The quantitative estimate of drug-likeness (QED) is 0.368. The third-order valence-corrected chi connectivity index (χ3v) is 7.01. The van der Waals surface area contributed by atoms with Gasteiger partial charge in [-0.1, -0.05) is 48.0 Å². The van der Waals surface area contributed by atoms with Crippen molar-refractivity contribution in [2.75, 3.05) is 0 Å². The number of ketones is 1. The lowest BCUT2D eigenvalue weighted by Crippen LogP contribution is -2.04. The van der Waals surface area contributed by atoms with Gasteiger partial charge in [0.05, 0.1) is 0 Å². The number of aryl methyl sites for hydroxylation is 1. The second-order valence-corrected chi connectivity index (χ2v) is 8.75. The van der Waals surface area contributed by atoms with E-state index in [1.54, 1.807) is 11.3 Å². The minimum Gasteiger partial charge on any atom is -0.506 e. The molecule has 2 aromatic heterocycles. The van der Waals surface area contributed by atoms with Gasteiger partial charge in [-0.25, -0.2) is 0 Å². The Morgan fingerprint density at radius 1 is 1.07 bits per heavy atom. The molecule has 4 rings (SSSR count). The highest BCUT2D eigenvalue weighted by Crippen LogP contribution is 2.39. The van der Waals surface area contributed by atoms with Crippen LogP contribution in [0.5, 0.6) is 5.75 Å². The molecule has 136 valence electrons. The number of hydrogen-bond acceptors (Lipinski definition) is 4. The van der Waals surface area contributed by atoms with Gasteiger partial charge >= 0.3 is 0 Å². The summed E-state index contributed by atoms with van der Waals surface area (Å²) < 4.78 is 0.958. The first kappa shape index (κ1) is 18.0. The minimum atomic E-state index is 0.0174. The van der Waals surface area contributed by atoms with Crippen LogP contribution in [-0.4, -0.2) is 10.9 Å². The van der Waals surface area contributed by atoms with Gasteiger partial charge in [-0.15, -0.1) is 22.7 Å². The van der Waals surface area contributed by atoms with Gasteiger partial charge in [0.15, 0.2) is 5.78 Å². The molecule has 4 heteroatoms. The number of fused-ring (bicyclic) bond motifs is 1. The first-order valence-electron chi connectivity index (χ1n) is 8.97. The van der Waals surface area contributed by atoms with Gasteiger partial charge < -0.3 is 5.11 Å². The number of hydrogen-bond donors (Lipinski definition) is 1. The normalized spacial score (nSPS) is 12.3. The Hall–Kier alpha value is -2.43. The fourth-order valence-corrected chi connectivity index (χ4v) is 5.36. The molecule has 0 aliphatic rings. The monoisotopic (exact) mass is 392 g/mol. The molecule has 1 N–H and O–H groups in total. The molecule has 1 atom stereocenters. The zero-order valence-electron chi connectivity index (χ0n) is 15.0. The number of carbonyl (C=O) groups excluding carboxylic acids is 1. The van der Waals surface area contributed by atoms with E-state index in [1.807, 2.05) is 43.3 Å². The number of carbonyl (C=O) groups is 1. The predicted octanol–water partition coefficient (Wildman–Crippen LogP) is 6.77. The molecule has 2 heterocycles. The van der Waals surface area contributed by atoms with Gasteiger partial charge in [0.2, 0.25) is 0 Å². The van der Waals surface area contributed by atoms with Crippen molar-refractivity contribution >= 4 is 38.5 Å². The van der Waals surface area contributed by atoms with Crippen LogP contribution in [0.15, 0.2) is 66.0 Å². The Balaban J connectivity index is 1.58. The van der Waals surface area contributed by atoms with E-state index in [4.69, 9.17) is 0 Å². The van der Waals surface area contributed by atoms with Crippen LogP contribution in [0.2, 0.25) is 0 Å². The highest BCUT2D eigenvalue weighted by atomic mass is 32.1. The lowest BCUT2D eigenvalue weighted by atomic mass is 9.91. The largest absolute Gasteiger partial charge is 0.506 e. The molecule has 0 spiro atoms. The van der Waals surface area contributed by atoms with Crippen molar-refractivity contribution in [1.82, 2.24) is 0 Å². The smallest absolute Gasteiger partial charge is 0.176 e. The molecule has 2 nitrogen and oxygen atoms in total. The van der Waals surface area contributed by atoms with Crippen LogP contribution in [-0.2, 0) is 0 Å². The van der Waals surface area contributed by atoms with Gasteiger partial charge in [0.1, 0.15) is 10.6 Å². The average Bonchev–Trinajstić information content (AvgIpc) is 3.32. The Bertz CT molecular complexity index is 1060. The summed E-state index contributed by atoms with van der Waals surface area (Å²) in [6.45, 7) is 1.99. The topological polar surface area (TPSA) is 37.3 Å². The first-order chi connectivity index (χ1) is 13.1. The van der Waals surface area contributed by atoms with Gasteiger partial charge in [0, 0.05) is 27.3 Å². The number of benzene rings is 2. The second-order valence-electron chi connectivity index (χ2n) is 6.72. The maximum absolute atomic E-state index is 12.9. The molecular weight excluding hydrogens is 372 g/mol. The van der Waals surface area contributed by atoms with Crippen LogP contribution in [0.25, 0.3) is 10.1 Å². The highest BCUT2D eigenvalue weighted by molar-refractivity contribution is 7.21. The zero-order chi connectivity index (χ0) is 18.8. The molecule has 27 heavy (non-hydrogen) atoms. The summed E-state index contributed by atoms with van der Waals surface area (Å²) in [7, 11) is 0. The van der Waals surface area contributed by atoms with E-state index in [9.17, 15) is 9.90 Å². The summed E-state index contributed by atoms with van der Waals surface area (Å²) in [5, 5.41) is 13.4. The number of aromatic hydroxyl groups is 1. The van der Waals surface area contributed by atoms with Crippen LogP contribution < -0.4 is 0 Å². The van der Waals surface area contributed by atoms with E-state index < -0.39 is 0 Å². The molecule has 1 unspecified atom stereocenters. The number of Topliss-reactive ketones (excluding diaryl/α,β-unsaturated/α-hetero) is 1. The summed E-state index contributed by atoms with van der Waals surface area (Å²) in [6.07, 6.45) is 1.15. The first-order valence-corrected chi connectivity index (χ1v) is 10.7. The van der Waals surface area contributed by atoms with Gasteiger partial charge in [-0.3, -0.25) is 4.79 Å². The van der Waals surface area contributed by atoms with Gasteiger partial charge in [-0.05, 0) is 42.5 Å². The van der Waals surface area contributed by atoms with E-state index in [-0.39, 0.29) is 17.5 Å². The summed E-state index contributed by atoms with van der Waals surface area (Å²) in [5.41, 5.74) is 2.31. The lowest BCUT2D eigenvalue weighted by Gasteiger charge is -2.15. The highest BCUT2D eigenvalue weighted by Gasteiger charge is 2.21. The maximum Gasteiger partial charge on any atom is 0.176 e. The SMILES string of the molecule is Cc1ccc2sc(C(=O)CCC(c3ccccc3)c3cccs3)c(O)c2c1. The van der Waals surface area contributed by atoms with Crippen molar-refractivity contribution in [2.45, 2.75) is 25.7 Å². The molecule has 2 aromatic carbocycles. The molecule has 0 saturated heterocycles. The average molecular weight is 393 g/mol. The second kappa shape index (κ2) is 7.67. The number of rotatable bonds is 6. The summed E-state index contributed by atoms with van der Waals surface area (Å²) in [5.74, 6) is 0.355. The molecule has 0 aliphatic heterocycles. The molecular formula is C23H20O2S2.